The standard InChI is InChI=1S/C20H18N2O3S2/c23-18(21-15-9-8-13-4-3-5-14(13)10-15)11-25-19(24)12-26-20-22-16-6-1-2-7-17(16)27-20/h1-2,6-10H,3-5,11-12H2,(H,21,23). The first-order valence-corrected chi connectivity index (χ1v) is 10.5. The van der Waals surface area contributed by atoms with E-state index in [-0.39, 0.29) is 18.3 Å². The predicted molar refractivity (Wildman–Crippen MR) is 108 cm³/mol. The summed E-state index contributed by atoms with van der Waals surface area (Å²) in [5.41, 5.74) is 4.32. The number of carbonyl (C=O) groups is 2. The Morgan fingerprint density at radius 3 is 2.89 bits per heavy atom. The number of amides is 1. The maximum Gasteiger partial charge on any atom is 0.316 e. The number of benzene rings is 2. The lowest BCUT2D eigenvalue weighted by Crippen LogP contribution is -2.21. The fourth-order valence-corrected chi connectivity index (χ4v) is 4.93. The van der Waals surface area contributed by atoms with Gasteiger partial charge in [0.2, 0.25) is 0 Å². The molecule has 0 bridgehead atoms. The van der Waals surface area contributed by atoms with Crippen LogP contribution in [-0.4, -0.2) is 29.2 Å². The number of aromatic nitrogens is 1. The van der Waals surface area contributed by atoms with Crippen molar-refractivity contribution in [3.8, 4) is 0 Å². The summed E-state index contributed by atoms with van der Waals surface area (Å²) in [6, 6.07) is 13.8. The van der Waals surface area contributed by atoms with Gasteiger partial charge in [0.25, 0.3) is 5.91 Å². The minimum Gasteiger partial charge on any atom is -0.455 e. The monoisotopic (exact) mass is 398 g/mol. The third kappa shape index (κ3) is 4.48. The summed E-state index contributed by atoms with van der Waals surface area (Å²) >= 11 is 2.86. The van der Waals surface area contributed by atoms with Crippen LogP contribution in [0, 0.1) is 0 Å². The molecule has 5 nitrogen and oxygen atoms in total. The third-order valence-corrected chi connectivity index (χ3v) is 6.49. The summed E-state index contributed by atoms with van der Waals surface area (Å²) in [6.45, 7) is -0.281. The summed E-state index contributed by atoms with van der Waals surface area (Å²) < 4.78 is 6.97. The molecule has 1 aliphatic rings. The van der Waals surface area contributed by atoms with E-state index in [1.807, 2.05) is 36.4 Å². The van der Waals surface area contributed by atoms with Crippen LogP contribution in [0.4, 0.5) is 5.69 Å². The second kappa shape index (κ2) is 8.10. The molecule has 1 N–H and O–H groups in total. The molecule has 0 fully saturated rings. The number of hydrogen-bond acceptors (Lipinski definition) is 6. The summed E-state index contributed by atoms with van der Waals surface area (Å²) in [5.74, 6) is -0.624. The molecule has 27 heavy (non-hydrogen) atoms. The number of nitrogens with one attached hydrogen (secondary N) is 1. The lowest BCUT2D eigenvalue weighted by Gasteiger charge is -2.08. The summed E-state index contributed by atoms with van der Waals surface area (Å²) in [6.07, 6.45) is 3.32. The Morgan fingerprint density at radius 2 is 2.00 bits per heavy atom. The van der Waals surface area contributed by atoms with Gasteiger partial charge in [-0.2, -0.15) is 0 Å². The molecule has 2 aromatic carbocycles. The van der Waals surface area contributed by atoms with E-state index in [2.05, 4.69) is 16.4 Å². The molecule has 0 spiro atoms. The zero-order valence-corrected chi connectivity index (χ0v) is 16.2. The number of rotatable bonds is 6. The number of esters is 1. The van der Waals surface area contributed by atoms with E-state index < -0.39 is 5.97 Å². The fraction of sp³-hybridized carbons (Fsp3) is 0.250. The predicted octanol–water partition coefficient (Wildman–Crippen LogP) is 4.06. The van der Waals surface area contributed by atoms with Gasteiger partial charge in [-0.1, -0.05) is 30.0 Å². The Morgan fingerprint density at radius 1 is 1.15 bits per heavy atom. The molecule has 1 aliphatic carbocycles. The van der Waals surface area contributed by atoms with Gasteiger partial charge in [-0.15, -0.1) is 11.3 Å². The zero-order valence-electron chi connectivity index (χ0n) is 14.6. The number of anilines is 1. The van der Waals surface area contributed by atoms with E-state index in [1.54, 1.807) is 0 Å². The summed E-state index contributed by atoms with van der Waals surface area (Å²) in [5, 5.41) is 2.79. The van der Waals surface area contributed by atoms with E-state index >= 15 is 0 Å². The fourth-order valence-electron chi connectivity index (χ4n) is 3.07. The molecule has 1 aromatic heterocycles. The molecule has 0 radical (unpaired) electrons. The van der Waals surface area contributed by atoms with Gasteiger partial charge in [-0.05, 0) is 54.7 Å². The largest absolute Gasteiger partial charge is 0.455 e. The van der Waals surface area contributed by atoms with Gasteiger partial charge in [0.15, 0.2) is 10.9 Å². The maximum absolute atomic E-state index is 12.0. The smallest absolute Gasteiger partial charge is 0.316 e. The number of hydrogen-bond donors (Lipinski definition) is 1. The van der Waals surface area contributed by atoms with Crippen LogP contribution in [0.25, 0.3) is 10.2 Å². The second-order valence-electron chi connectivity index (χ2n) is 6.28. The van der Waals surface area contributed by atoms with E-state index in [1.165, 1.54) is 34.2 Å². The Bertz CT molecular complexity index is 967. The number of aryl methyl sites for hydroxylation is 2. The van der Waals surface area contributed by atoms with Crippen molar-refractivity contribution < 1.29 is 14.3 Å². The number of carbonyl (C=O) groups excluding carboxylic acids is 2. The first kappa shape index (κ1) is 18.0. The highest BCUT2D eigenvalue weighted by molar-refractivity contribution is 8.01. The Hall–Kier alpha value is -2.38. The molecule has 0 saturated heterocycles. The highest BCUT2D eigenvalue weighted by Crippen LogP contribution is 2.29. The van der Waals surface area contributed by atoms with Crippen LogP contribution in [0.15, 0.2) is 46.8 Å². The molecule has 0 saturated carbocycles. The average molecular weight is 399 g/mol. The third-order valence-electron chi connectivity index (χ3n) is 4.33. The van der Waals surface area contributed by atoms with E-state index in [0.717, 1.165) is 39.5 Å². The molecule has 0 unspecified atom stereocenters. The molecule has 0 aliphatic heterocycles. The quantitative estimate of drug-likeness (QED) is 0.501. The number of thiazole rings is 1. The van der Waals surface area contributed by atoms with Crippen LogP contribution in [0.2, 0.25) is 0 Å². The maximum atomic E-state index is 12.0. The van der Waals surface area contributed by atoms with Crippen molar-refractivity contribution >= 4 is 50.9 Å². The van der Waals surface area contributed by atoms with Crippen LogP contribution in [0.3, 0.4) is 0 Å². The second-order valence-corrected chi connectivity index (χ2v) is 8.54. The molecule has 3 aromatic rings. The van der Waals surface area contributed by atoms with Crippen LogP contribution < -0.4 is 5.32 Å². The minimum atomic E-state index is -0.427. The van der Waals surface area contributed by atoms with Crippen molar-refractivity contribution in [3.63, 3.8) is 0 Å². The van der Waals surface area contributed by atoms with Gasteiger partial charge in [0.1, 0.15) is 0 Å². The van der Waals surface area contributed by atoms with E-state index in [0.29, 0.717) is 0 Å². The molecule has 138 valence electrons. The molecule has 1 heterocycles. The Labute approximate surface area is 165 Å². The number of nitrogens with zero attached hydrogens (tertiary/aromatic N) is 1. The minimum absolute atomic E-state index is 0.131. The number of thioether (sulfide) groups is 1. The Kier molecular flexibility index (Phi) is 5.40. The van der Waals surface area contributed by atoms with Crippen molar-refractivity contribution in [2.75, 3.05) is 17.7 Å². The molecular formula is C20H18N2O3S2. The SMILES string of the molecule is O=C(COC(=O)CSc1nc2ccccc2s1)Nc1ccc2c(c1)CCC2. The van der Waals surface area contributed by atoms with Crippen molar-refractivity contribution in [1.82, 2.24) is 4.98 Å². The molecule has 4 rings (SSSR count). The molecule has 0 atom stereocenters. The van der Waals surface area contributed by atoms with Gasteiger partial charge in [0, 0.05) is 5.69 Å². The molecule has 7 heteroatoms. The van der Waals surface area contributed by atoms with Crippen molar-refractivity contribution in [1.29, 1.82) is 0 Å². The first-order chi connectivity index (χ1) is 13.2. The van der Waals surface area contributed by atoms with Gasteiger partial charge in [-0.3, -0.25) is 9.59 Å². The van der Waals surface area contributed by atoms with Crippen molar-refractivity contribution in [2.45, 2.75) is 23.6 Å². The van der Waals surface area contributed by atoms with Gasteiger partial charge in [0.05, 0.1) is 16.0 Å². The zero-order chi connectivity index (χ0) is 18.6. The van der Waals surface area contributed by atoms with Crippen molar-refractivity contribution in [3.05, 3.63) is 53.6 Å². The van der Waals surface area contributed by atoms with Gasteiger partial charge in [-0.25, -0.2) is 4.98 Å². The topological polar surface area (TPSA) is 68.3 Å². The number of fused-ring (bicyclic) bond motifs is 2. The van der Waals surface area contributed by atoms with Crippen molar-refractivity contribution in [2.24, 2.45) is 0 Å². The summed E-state index contributed by atoms with van der Waals surface area (Å²) in [4.78, 5) is 28.4. The van der Waals surface area contributed by atoms with Gasteiger partial charge >= 0.3 is 5.97 Å². The summed E-state index contributed by atoms with van der Waals surface area (Å²) in [7, 11) is 0. The van der Waals surface area contributed by atoms with E-state index in [9.17, 15) is 9.59 Å². The molecule has 1 amide bonds. The van der Waals surface area contributed by atoms with E-state index in [4.69, 9.17) is 4.74 Å². The van der Waals surface area contributed by atoms with Gasteiger partial charge < -0.3 is 10.1 Å². The van der Waals surface area contributed by atoms with Crippen LogP contribution in [0.1, 0.15) is 17.5 Å². The highest BCUT2D eigenvalue weighted by atomic mass is 32.2. The average Bonchev–Trinajstić information content (AvgIpc) is 3.30. The Balaban J connectivity index is 1.23. The normalized spacial score (nSPS) is 12.7. The lowest BCUT2D eigenvalue weighted by atomic mass is 10.1. The van der Waals surface area contributed by atoms with Crippen LogP contribution in [-0.2, 0) is 27.2 Å². The van der Waals surface area contributed by atoms with Crippen LogP contribution >= 0.6 is 23.1 Å². The number of ether oxygens (including phenoxy) is 1. The molecular weight excluding hydrogens is 380 g/mol. The van der Waals surface area contributed by atoms with Crippen LogP contribution in [0.5, 0.6) is 0 Å². The number of para-hydroxylation sites is 1. The first-order valence-electron chi connectivity index (χ1n) is 8.73. The lowest BCUT2D eigenvalue weighted by molar-refractivity contribution is -0.144. The highest BCUT2D eigenvalue weighted by Gasteiger charge is 2.13.